The van der Waals surface area contributed by atoms with Crippen molar-refractivity contribution in [3.63, 3.8) is 0 Å². The van der Waals surface area contributed by atoms with Crippen LogP contribution in [-0.2, 0) is 4.84 Å². The van der Waals surface area contributed by atoms with E-state index in [0.717, 1.165) is 0 Å². The number of anilines is 1. The van der Waals surface area contributed by atoms with Gasteiger partial charge in [-0.2, -0.15) is 0 Å². The first-order valence-electron chi connectivity index (χ1n) is 3.63. The van der Waals surface area contributed by atoms with Crippen LogP contribution in [0.15, 0.2) is 12.3 Å². The molecule has 12 heavy (non-hydrogen) atoms. The van der Waals surface area contributed by atoms with Crippen molar-refractivity contribution >= 4 is 5.82 Å². The molecule has 0 aromatic carbocycles. The molecule has 0 saturated heterocycles. The zero-order valence-electron chi connectivity index (χ0n) is 7.04. The number of halogens is 1. The van der Waals surface area contributed by atoms with Crippen LogP contribution in [0.1, 0.15) is 6.92 Å². The quantitative estimate of drug-likeness (QED) is 0.639. The van der Waals surface area contributed by atoms with Gasteiger partial charge in [0.25, 0.3) is 0 Å². The summed E-state index contributed by atoms with van der Waals surface area (Å²) in [7, 11) is 1.47. The molecule has 0 N–H and O–H groups in total. The van der Waals surface area contributed by atoms with Crippen LogP contribution in [-0.4, -0.2) is 18.6 Å². The van der Waals surface area contributed by atoms with Crippen LogP contribution in [0.3, 0.4) is 0 Å². The van der Waals surface area contributed by atoms with Gasteiger partial charge in [-0.25, -0.2) is 14.4 Å². The van der Waals surface area contributed by atoms with Gasteiger partial charge in [-0.1, -0.05) is 0 Å². The summed E-state index contributed by atoms with van der Waals surface area (Å²) < 4.78 is 13.0. The number of hydrogen-bond acceptors (Lipinski definition) is 3. The number of aromatic nitrogens is 1. The summed E-state index contributed by atoms with van der Waals surface area (Å²) in [6, 6.07) is 3.82. The lowest BCUT2D eigenvalue weighted by Crippen LogP contribution is -2.23. The third-order valence-corrected chi connectivity index (χ3v) is 1.42. The summed E-state index contributed by atoms with van der Waals surface area (Å²) in [5.74, 6) is -0.330. The molecule has 1 aromatic heterocycles. The highest BCUT2D eigenvalue weighted by Crippen LogP contribution is 2.13. The maximum Gasteiger partial charge on any atom is 0.189 e. The minimum atomic E-state index is -0.499. The Morgan fingerprint density at radius 3 is 3.00 bits per heavy atom. The fraction of sp³-hybridized carbons (Fsp3) is 0.375. The second kappa shape index (κ2) is 4.01. The Balaban J connectivity index is 2.92. The molecular weight excluding hydrogens is 159 g/mol. The molecule has 1 rings (SSSR count). The van der Waals surface area contributed by atoms with E-state index in [4.69, 9.17) is 4.84 Å². The number of hydroxylamine groups is 1. The number of pyridine rings is 1. The zero-order chi connectivity index (χ0) is 8.97. The lowest BCUT2D eigenvalue weighted by Gasteiger charge is -2.18. The Labute approximate surface area is 70.7 Å². The average molecular weight is 169 g/mol. The van der Waals surface area contributed by atoms with Crippen molar-refractivity contribution in [2.75, 3.05) is 18.7 Å². The first kappa shape index (κ1) is 8.93. The first-order valence-corrected chi connectivity index (χ1v) is 3.63. The summed E-state index contributed by atoms with van der Waals surface area (Å²) in [4.78, 5) is 8.69. The number of nitrogens with zero attached hydrogens (tertiary/aromatic N) is 2. The molecule has 0 atom stereocenters. The van der Waals surface area contributed by atoms with Gasteiger partial charge in [0.15, 0.2) is 11.6 Å². The van der Waals surface area contributed by atoms with Gasteiger partial charge in [-0.15, -0.1) is 0 Å². The van der Waals surface area contributed by atoms with E-state index in [0.29, 0.717) is 6.54 Å². The lowest BCUT2D eigenvalue weighted by atomic mass is 10.4. The van der Waals surface area contributed by atoms with Crippen LogP contribution in [0, 0.1) is 11.9 Å². The molecule has 0 spiro atoms. The van der Waals surface area contributed by atoms with Crippen LogP contribution < -0.4 is 5.06 Å². The molecule has 0 aliphatic heterocycles. The van der Waals surface area contributed by atoms with Crippen molar-refractivity contribution in [2.45, 2.75) is 6.92 Å². The smallest absolute Gasteiger partial charge is 0.189 e. The highest BCUT2D eigenvalue weighted by atomic mass is 19.1. The van der Waals surface area contributed by atoms with Gasteiger partial charge in [0.2, 0.25) is 0 Å². The molecule has 0 unspecified atom stereocenters. The molecule has 1 aromatic rings. The summed E-state index contributed by atoms with van der Waals surface area (Å²) in [6.45, 7) is 2.38. The van der Waals surface area contributed by atoms with E-state index in [1.807, 2.05) is 6.92 Å². The van der Waals surface area contributed by atoms with E-state index in [9.17, 15) is 4.39 Å². The molecule has 0 amide bonds. The van der Waals surface area contributed by atoms with Crippen LogP contribution in [0.4, 0.5) is 10.2 Å². The molecule has 0 saturated carbocycles. The van der Waals surface area contributed by atoms with Crippen LogP contribution in [0.5, 0.6) is 0 Å². The summed E-state index contributed by atoms with van der Waals surface area (Å²) >= 11 is 0. The molecular formula is C8H10FN2O. The van der Waals surface area contributed by atoms with Gasteiger partial charge in [0.05, 0.1) is 7.11 Å². The predicted octanol–water partition coefficient (Wildman–Crippen LogP) is 1.41. The SMILES string of the molecule is CCN(OC)c1ncc[c]c1F. The topological polar surface area (TPSA) is 25.4 Å². The third kappa shape index (κ3) is 1.71. The fourth-order valence-corrected chi connectivity index (χ4v) is 0.879. The largest absolute Gasteiger partial charge is 0.275 e. The van der Waals surface area contributed by atoms with E-state index < -0.39 is 5.82 Å². The van der Waals surface area contributed by atoms with Crippen molar-refractivity contribution in [2.24, 2.45) is 0 Å². The summed E-state index contributed by atoms with van der Waals surface area (Å²) in [5, 5.41) is 1.35. The monoisotopic (exact) mass is 169 g/mol. The zero-order valence-corrected chi connectivity index (χ0v) is 7.04. The average Bonchev–Trinajstić information content (AvgIpc) is 2.10. The van der Waals surface area contributed by atoms with Crippen LogP contribution in [0.25, 0.3) is 0 Å². The highest BCUT2D eigenvalue weighted by Gasteiger charge is 2.09. The molecule has 1 heterocycles. The van der Waals surface area contributed by atoms with Gasteiger partial charge >= 0.3 is 0 Å². The van der Waals surface area contributed by atoms with Crippen LogP contribution >= 0.6 is 0 Å². The Kier molecular flexibility index (Phi) is 2.99. The molecule has 1 radical (unpaired) electrons. The molecule has 4 heteroatoms. The van der Waals surface area contributed by atoms with E-state index in [1.54, 1.807) is 0 Å². The van der Waals surface area contributed by atoms with Crippen molar-refractivity contribution < 1.29 is 9.23 Å². The van der Waals surface area contributed by atoms with Crippen LogP contribution in [0.2, 0.25) is 0 Å². The predicted molar refractivity (Wildman–Crippen MR) is 43.1 cm³/mol. The van der Waals surface area contributed by atoms with Gasteiger partial charge in [-0.05, 0) is 13.0 Å². The minimum Gasteiger partial charge on any atom is -0.275 e. The Morgan fingerprint density at radius 1 is 1.75 bits per heavy atom. The minimum absolute atomic E-state index is 0.169. The molecule has 3 nitrogen and oxygen atoms in total. The Bertz CT molecular complexity index is 251. The third-order valence-electron chi connectivity index (χ3n) is 1.42. The van der Waals surface area contributed by atoms with E-state index in [2.05, 4.69) is 11.1 Å². The van der Waals surface area contributed by atoms with Gasteiger partial charge in [0.1, 0.15) is 0 Å². The van der Waals surface area contributed by atoms with Gasteiger partial charge in [0, 0.05) is 18.8 Å². The molecule has 65 valence electrons. The van der Waals surface area contributed by atoms with Gasteiger partial charge in [-0.3, -0.25) is 4.84 Å². The second-order valence-corrected chi connectivity index (χ2v) is 2.10. The molecule has 0 bridgehead atoms. The molecule has 0 aliphatic rings. The standard InChI is InChI=1S/C8H10FN2O/c1-3-11(12-2)8-7(9)5-4-6-10-8/h4,6H,3H2,1-2H3. The van der Waals surface area contributed by atoms with E-state index in [1.165, 1.54) is 24.4 Å². The number of rotatable bonds is 3. The van der Waals surface area contributed by atoms with Crippen molar-refractivity contribution in [3.8, 4) is 0 Å². The van der Waals surface area contributed by atoms with Crippen molar-refractivity contribution in [1.29, 1.82) is 0 Å². The van der Waals surface area contributed by atoms with E-state index >= 15 is 0 Å². The maximum absolute atomic E-state index is 13.0. The number of hydrogen-bond donors (Lipinski definition) is 0. The lowest BCUT2D eigenvalue weighted by molar-refractivity contribution is 0.166. The highest BCUT2D eigenvalue weighted by molar-refractivity contribution is 5.35. The fourth-order valence-electron chi connectivity index (χ4n) is 0.879. The van der Waals surface area contributed by atoms with Gasteiger partial charge < -0.3 is 0 Å². The Morgan fingerprint density at radius 2 is 2.50 bits per heavy atom. The molecule has 0 aliphatic carbocycles. The van der Waals surface area contributed by atoms with Crippen molar-refractivity contribution in [3.05, 3.63) is 24.1 Å². The normalized spacial score (nSPS) is 9.92. The summed E-state index contributed by atoms with van der Waals surface area (Å²) in [6.07, 6.45) is 1.47. The van der Waals surface area contributed by atoms with E-state index in [-0.39, 0.29) is 5.82 Å². The first-order chi connectivity index (χ1) is 5.79. The summed E-state index contributed by atoms with van der Waals surface area (Å²) in [5.41, 5.74) is 0. The second-order valence-electron chi connectivity index (χ2n) is 2.10. The molecule has 0 fully saturated rings. The van der Waals surface area contributed by atoms with Crippen molar-refractivity contribution in [1.82, 2.24) is 4.98 Å². The maximum atomic E-state index is 13.0. The Hall–Kier alpha value is -1.16.